The average Bonchev–Trinajstić information content (AvgIpc) is 2.39. The van der Waals surface area contributed by atoms with Crippen LogP contribution in [0.4, 0.5) is 0 Å². The summed E-state index contributed by atoms with van der Waals surface area (Å²) in [6, 6.07) is 4.02. The molecule has 0 bridgehead atoms. The molecule has 0 saturated heterocycles. The third kappa shape index (κ3) is 0.975. The molecule has 0 saturated carbocycles. The lowest BCUT2D eigenvalue weighted by Crippen LogP contribution is -2.13. The highest BCUT2D eigenvalue weighted by Gasteiger charge is 2.02. The van der Waals surface area contributed by atoms with Gasteiger partial charge >= 0.3 is 0 Å². The molecule has 2 rings (SSSR count). The largest absolute Gasteiger partial charge is 0.317 e. The van der Waals surface area contributed by atoms with Crippen LogP contribution in [0, 0.1) is 6.92 Å². The molecule has 2 aromatic rings. The van der Waals surface area contributed by atoms with E-state index < -0.39 is 0 Å². The smallest absolute Gasteiger partial charge is 0.268 e. The molecule has 62 valence electrons. The lowest BCUT2D eigenvalue weighted by atomic mass is 10.3. The number of rotatable bonds is 0. The third-order valence-electron chi connectivity index (χ3n) is 1.88. The van der Waals surface area contributed by atoms with Crippen molar-refractivity contribution >= 4 is 21.4 Å². The molecular weight excluding hydrogens is 170 g/mol. The highest BCUT2D eigenvalue weighted by molar-refractivity contribution is 7.18. The Labute approximate surface area is 74.1 Å². The van der Waals surface area contributed by atoms with Crippen LogP contribution in [0.25, 0.3) is 10.1 Å². The second-order valence-corrected chi connectivity index (χ2v) is 4.13. The summed E-state index contributed by atoms with van der Waals surface area (Å²) >= 11 is 1.56. The molecule has 0 aliphatic heterocycles. The van der Waals surface area contributed by atoms with Crippen molar-refractivity contribution < 1.29 is 0 Å². The lowest BCUT2D eigenvalue weighted by Gasteiger charge is -1.93. The van der Waals surface area contributed by atoms with Crippen molar-refractivity contribution in [3.05, 3.63) is 33.6 Å². The molecule has 0 fully saturated rings. The van der Waals surface area contributed by atoms with E-state index in [4.69, 9.17) is 0 Å². The maximum atomic E-state index is 11.5. The zero-order chi connectivity index (χ0) is 8.72. The van der Waals surface area contributed by atoms with Gasteiger partial charge in [0.1, 0.15) is 0 Å². The normalized spacial score (nSPS) is 10.8. The monoisotopic (exact) mass is 179 g/mol. The molecule has 0 N–H and O–H groups in total. The maximum Gasteiger partial charge on any atom is 0.268 e. The average molecular weight is 179 g/mol. The highest BCUT2D eigenvalue weighted by Crippen LogP contribution is 2.20. The Bertz CT molecular complexity index is 481. The summed E-state index contributed by atoms with van der Waals surface area (Å²) in [6.45, 7) is 2.02. The molecule has 0 aromatic carbocycles. The van der Waals surface area contributed by atoms with Crippen LogP contribution < -0.4 is 5.56 Å². The Morgan fingerprint density at radius 2 is 2.25 bits per heavy atom. The van der Waals surface area contributed by atoms with Crippen LogP contribution in [-0.2, 0) is 7.05 Å². The van der Waals surface area contributed by atoms with Crippen LogP contribution >= 0.6 is 11.3 Å². The SMILES string of the molecule is Cc1cc2ccn(C)c(=O)c2s1. The van der Waals surface area contributed by atoms with Crippen molar-refractivity contribution in [3.8, 4) is 0 Å². The Hall–Kier alpha value is -1.09. The fraction of sp³-hybridized carbons (Fsp3) is 0.222. The molecule has 12 heavy (non-hydrogen) atoms. The summed E-state index contributed by atoms with van der Waals surface area (Å²) in [5.74, 6) is 0. The van der Waals surface area contributed by atoms with E-state index >= 15 is 0 Å². The van der Waals surface area contributed by atoms with E-state index in [9.17, 15) is 4.79 Å². The quantitative estimate of drug-likeness (QED) is 0.605. The standard InChI is InChI=1S/C9H9NOS/c1-6-5-7-3-4-10(2)9(11)8(7)12-6/h3-5H,1-2H3. The molecule has 2 nitrogen and oxygen atoms in total. The van der Waals surface area contributed by atoms with Gasteiger partial charge < -0.3 is 4.57 Å². The number of nitrogens with zero attached hydrogens (tertiary/aromatic N) is 1. The topological polar surface area (TPSA) is 22.0 Å². The first-order valence-corrected chi connectivity index (χ1v) is 4.56. The van der Waals surface area contributed by atoms with Crippen molar-refractivity contribution in [2.45, 2.75) is 6.92 Å². The van der Waals surface area contributed by atoms with Crippen LogP contribution in [0.1, 0.15) is 4.88 Å². The number of aryl methyl sites for hydroxylation is 2. The summed E-state index contributed by atoms with van der Waals surface area (Å²) in [6.07, 6.45) is 1.80. The fourth-order valence-electron chi connectivity index (χ4n) is 1.24. The predicted molar refractivity (Wildman–Crippen MR) is 51.8 cm³/mol. The molecule has 0 unspecified atom stereocenters. The minimum absolute atomic E-state index is 0.102. The molecule has 0 amide bonds. The van der Waals surface area contributed by atoms with E-state index in [2.05, 4.69) is 0 Å². The minimum atomic E-state index is 0.102. The van der Waals surface area contributed by atoms with Gasteiger partial charge in [-0.1, -0.05) is 0 Å². The van der Waals surface area contributed by atoms with Gasteiger partial charge in [0, 0.05) is 18.1 Å². The number of aromatic nitrogens is 1. The zero-order valence-corrected chi connectivity index (χ0v) is 7.81. The second-order valence-electron chi connectivity index (χ2n) is 2.87. The molecule has 2 heterocycles. The summed E-state index contributed by atoms with van der Waals surface area (Å²) in [5.41, 5.74) is 0.102. The van der Waals surface area contributed by atoms with Crippen molar-refractivity contribution in [3.63, 3.8) is 0 Å². The van der Waals surface area contributed by atoms with Crippen LogP contribution in [0.3, 0.4) is 0 Å². The highest BCUT2D eigenvalue weighted by atomic mass is 32.1. The van der Waals surface area contributed by atoms with E-state index in [1.807, 2.05) is 19.1 Å². The van der Waals surface area contributed by atoms with Crippen LogP contribution in [0.15, 0.2) is 23.1 Å². The predicted octanol–water partition coefficient (Wildman–Crippen LogP) is 1.91. The van der Waals surface area contributed by atoms with Gasteiger partial charge in [-0.2, -0.15) is 0 Å². The summed E-state index contributed by atoms with van der Waals surface area (Å²) < 4.78 is 2.47. The molecule has 0 atom stereocenters. The summed E-state index contributed by atoms with van der Waals surface area (Å²) in [4.78, 5) is 12.7. The van der Waals surface area contributed by atoms with Gasteiger partial charge in [0.05, 0.1) is 4.70 Å². The van der Waals surface area contributed by atoms with E-state index in [0.717, 1.165) is 10.1 Å². The number of pyridine rings is 1. The van der Waals surface area contributed by atoms with Crippen LogP contribution in [0.5, 0.6) is 0 Å². The van der Waals surface area contributed by atoms with Crippen molar-refractivity contribution in [2.24, 2.45) is 7.05 Å². The Morgan fingerprint density at radius 3 is 3.00 bits per heavy atom. The first-order chi connectivity index (χ1) is 5.68. The molecule has 3 heteroatoms. The Kier molecular flexibility index (Phi) is 1.54. The first-order valence-electron chi connectivity index (χ1n) is 3.74. The first kappa shape index (κ1) is 7.55. The minimum Gasteiger partial charge on any atom is -0.317 e. The summed E-state index contributed by atoms with van der Waals surface area (Å²) in [5, 5.41) is 1.06. The maximum absolute atomic E-state index is 11.5. The van der Waals surface area contributed by atoms with Gasteiger partial charge in [-0.25, -0.2) is 0 Å². The van der Waals surface area contributed by atoms with E-state index in [1.165, 1.54) is 4.88 Å². The molecular formula is C9H9NOS. The van der Waals surface area contributed by atoms with E-state index in [0.29, 0.717) is 0 Å². The van der Waals surface area contributed by atoms with Crippen molar-refractivity contribution in [1.82, 2.24) is 4.57 Å². The molecule has 2 aromatic heterocycles. The second kappa shape index (κ2) is 2.45. The van der Waals surface area contributed by atoms with E-state index in [1.54, 1.807) is 29.1 Å². The Morgan fingerprint density at radius 1 is 1.50 bits per heavy atom. The number of hydrogen-bond donors (Lipinski definition) is 0. The molecule has 0 radical (unpaired) electrons. The van der Waals surface area contributed by atoms with Crippen LogP contribution in [-0.4, -0.2) is 4.57 Å². The van der Waals surface area contributed by atoms with Crippen molar-refractivity contribution in [2.75, 3.05) is 0 Å². The number of fused-ring (bicyclic) bond motifs is 1. The van der Waals surface area contributed by atoms with Crippen molar-refractivity contribution in [1.29, 1.82) is 0 Å². The fourth-order valence-corrected chi connectivity index (χ4v) is 2.23. The van der Waals surface area contributed by atoms with Gasteiger partial charge in [0.15, 0.2) is 0 Å². The van der Waals surface area contributed by atoms with Gasteiger partial charge in [-0.15, -0.1) is 11.3 Å². The van der Waals surface area contributed by atoms with Gasteiger partial charge in [0.2, 0.25) is 0 Å². The number of thiophene rings is 1. The van der Waals surface area contributed by atoms with Gasteiger partial charge in [0.25, 0.3) is 5.56 Å². The summed E-state index contributed by atoms with van der Waals surface area (Å²) in [7, 11) is 1.77. The van der Waals surface area contributed by atoms with Gasteiger partial charge in [-0.05, 0) is 24.4 Å². The molecule has 0 spiro atoms. The Balaban J connectivity index is 2.99. The number of hydrogen-bond acceptors (Lipinski definition) is 2. The van der Waals surface area contributed by atoms with Gasteiger partial charge in [-0.3, -0.25) is 4.79 Å². The zero-order valence-electron chi connectivity index (χ0n) is 7.00. The lowest BCUT2D eigenvalue weighted by molar-refractivity contribution is 0.875. The molecule has 0 aliphatic carbocycles. The molecule has 0 aliphatic rings. The van der Waals surface area contributed by atoms with Crippen LogP contribution in [0.2, 0.25) is 0 Å². The third-order valence-corrected chi connectivity index (χ3v) is 2.93. The van der Waals surface area contributed by atoms with E-state index in [-0.39, 0.29) is 5.56 Å².